The van der Waals surface area contributed by atoms with Crippen LogP contribution in [-0.2, 0) is 22.1 Å². The lowest BCUT2D eigenvalue weighted by Gasteiger charge is -2.37. The van der Waals surface area contributed by atoms with Crippen LogP contribution in [0.2, 0.25) is 0 Å². The Hall–Kier alpha value is -1.07. The molecule has 1 unspecified atom stereocenters. The molecule has 0 aromatic carbocycles. The Labute approximate surface area is 95.5 Å². The lowest BCUT2D eigenvalue weighted by Crippen LogP contribution is -2.40. The fourth-order valence-electron chi connectivity index (χ4n) is 2.47. The minimum atomic E-state index is -0.414. The van der Waals surface area contributed by atoms with Gasteiger partial charge in [-0.1, -0.05) is 0 Å². The van der Waals surface area contributed by atoms with Gasteiger partial charge in [0.25, 0.3) is 0 Å². The molecule has 1 aliphatic rings. The Kier molecular flexibility index (Phi) is 3.16. The highest BCUT2D eigenvalue weighted by Gasteiger charge is 2.39. The van der Waals surface area contributed by atoms with E-state index in [9.17, 15) is 0 Å². The Balaban J connectivity index is 2.38. The van der Waals surface area contributed by atoms with E-state index in [0.717, 1.165) is 31.6 Å². The first kappa shape index (κ1) is 11.4. The van der Waals surface area contributed by atoms with Gasteiger partial charge in [0.15, 0.2) is 0 Å². The maximum Gasteiger partial charge on any atom is 0.135 e. The van der Waals surface area contributed by atoms with Gasteiger partial charge in [-0.2, -0.15) is 5.10 Å². The summed E-state index contributed by atoms with van der Waals surface area (Å²) in [6.45, 7) is 1.28. The van der Waals surface area contributed by atoms with Crippen LogP contribution in [0.5, 0.6) is 0 Å². The van der Waals surface area contributed by atoms with Crippen molar-refractivity contribution in [2.75, 3.05) is 26.1 Å². The molecule has 2 heterocycles. The molecule has 2 rings (SSSR count). The number of aryl methyl sites for hydroxylation is 1. The molecule has 5 heteroatoms. The zero-order valence-electron chi connectivity index (χ0n) is 9.90. The van der Waals surface area contributed by atoms with Crippen LogP contribution in [0.4, 0.5) is 5.69 Å². The van der Waals surface area contributed by atoms with E-state index >= 15 is 0 Å². The van der Waals surface area contributed by atoms with Crippen LogP contribution >= 0.6 is 0 Å². The number of ether oxygens (including phenoxy) is 2. The van der Waals surface area contributed by atoms with Crippen molar-refractivity contribution in [2.45, 2.75) is 24.9 Å². The number of hydrogen-bond donors (Lipinski definition) is 1. The predicted octanol–water partition coefficient (Wildman–Crippen LogP) is 1.04. The standard InChI is InChI=1S/C11H19N3O2/c1-14-10(9(12)7-13-14)11(8-15-2)5-3-4-6-16-11/h7H,3-6,8,12H2,1-2H3. The normalized spacial score (nSPS) is 25.9. The van der Waals surface area contributed by atoms with Gasteiger partial charge in [0.05, 0.1) is 24.2 Å². The molecule has 1 aliphatic heterocycles. The predicted molar refractivity (Wildman–Crippen MR) is 61.0 cm³/mol. The van der Waals surface area contributed by atoms with Crippen molar-refractivity contribution in [1.82, 2.24) is 9.78 Å². The smallest absolute Gasteiger partial charge is 0.135 e. The van der Waals surface area contributed by atoms with Gasteiger partial charge in [-0.3, -0.25) is 4.68 Å². The van der Waals surface area contributed by atoms with E-state index in [4.69, 9.17) is 15.2 Å². The van der Waals surface area contributed by atoms with Crippen molar-refractivity contribution in [3.8, 4) is 0 Å². The number of aromatic nitrogens is 2. The van der Waals surface area contributed by atoms with Crippen LogP contribution in [-0.4, -0.2) is 30.1 Å². The van der Waals surface area contributed by atoms with Crippen molar-refractivity contribution < 1.29 is 9.47 Å². The van der Waals surface area contributed by atoms with Gasteiger partial charge in [0, 0.05) is 20.8 Å². The van der Waals surface area contributed by atoms with Crippen LogP contribution in [0.25, 0.3) is 0 Å². The first-order valence-corrected chi connectivity index (χ1v) is 5.60. The molecule has 5 nitrogen and oxygen atoms in total. The van der Waals surface area contributed by atoms with Gasteiger partial charge < -0.3 is 15.2 Å². The molecule has 1 aromatic rings. The lowest BCUT2D eigenvalue weighted by molar-refractivity contribution is -0.125. The summed E-state index contributed by atoms with van der Waals surface area (Å²) < 4.78 is 13.0. The molecule has 1 fully saturated rings. The third-order valence-corrected chi connectivity index (χ3v) is 3.13. The zero-order chi connectivity index (χ0) is 11.6. The van der Waals surface area contributed by atoms with Crippen LogP contribution in [0.3, 0.4) is 0 Å². The Bertz CT molecular complexity index is 331. The third-order valence-electron chi connectivity index (χ3n) is 3.13. The molecule has 16 heavy (non-hydrogen) atoms. The second kappa shape index (κ2) is 4.43. The summed E-state index contributed by atoms with van der Waals surface area (Å²) in [6.07, 6.45) is 4.84. The van der Waals surface area contributed by atoms with Crippen molar-refractivity contribution in [1.29, 1.82) is 0 Å². The molecule has 0 radical (unpaired) electrons. The average molecular weight is 225 g/mol. The van der Waals surface area contributed by atoms with E-state index in [1.807, 2.05) is 7.05 Å². The van der Waals surface area contributed by atoms with Gasteiger partial charge >= 0.3 is 0 Å². The summed E-state index contributed by atoms with van der Waals surface area (Å²) in [4.78, 5) is 0. The van der Waals surface area contributed by atoms with E-state index in [2.05, 4.69) is 5.10 Å². The molecule has 1 atom stereocenters. The number of nitrogen functional groups attached to an aromatic ring is 1. The second-order valence-corrected chi connectivity index (χ2v) is 4.30. The number of anilines is 1. The SMILES string of the molecule is COCC1(c2c(N)cnn2C)CCCCO1. The van der Waals surface area contributed by atoms with E-state index < -0.39 is 5.60 Å². The monoisotopic (exact) mass is 225 g/mol. The number of hydrogen-bond acceptors (Lipinski definition) is 4. The summed E-state index contributed by atoms with van der Waals surface area (Å²) in [5.41, 5.74) is 7.18. The van der Waals surface area contributed by atoms with Gasteiger partial charge in [-0.25, -0.2) is 0 Å². The highest BCUT2D eigenvalue weighted by Crippen LogP contribution is 2.37. The van der Waals surface area contributed by atoms with E-state index in [1.54, 1.807) is 18.0 Å². The summed E-state index contributed by atoms with van der Waals surface area (Å²) in [7, 11) is 3.58. The average Bonchev–Trinajstić information content (AvgIpc) is 2.61. The maximum atomic E-state index is 5.97. The minimum absolute atomic E-state index is 0.414. The molecule has 0 aliphatic carbocycles. The molecule has 0 amide bonds. The first-order chi connectivity index (χ1) is 7.69. The van der Waals surface area contributed by atoms with Crippen molar-refractivity contribution in [3.63, 3.8) is 0 Å². The highest BCUT2D eigenvalue weighted by atomic mass is 16.5. The first-order valence-electron chi connectivity index (χ1n) is 5.60. The van der Waals surface area contributed by atoms with Gasteiger partial charge in [0.1, 0.15) is 5.60 Å². The fourth-order valence-corrected chi connectivity index (χ4v) is 2.47. The Morgan fingerprint density at radius 3 is 2.94 bits per heavy atom. The van der Waals surface area contributed by atoms with Crippen LogP contribution in [0, 0.1) is 0 Å². The molecule has 0 bridgehead atoms. The summed E-state index contributed by atoms with van der Waals surface area (Å²) in [5, 5.41) is 4.17. The van der Waals surface area contributed by atoms with Crippen LogP contribution in [0.1, 0.15) is 25.0 Å². The summed E-state index contributed by atoms with van der Waals surface area (Å²) in [5.74, 6) is 0. The molecule has 90 valence electrons. The quantitative estimate of drug-likeness (QED) is 0.835. The molecule has 0 spiro atoms. The number of nitrogens with zero attached hydrogens (tertiary/aromatic N) is 2. The molecular formula is C11H19N3O2. The Morgan fingerprint density at radius 1 is 1.62 bits per heavy atom. The maximum absolute atomic E-state index is 5.97. The van der Waals surface area contributed by atoms with Crippen LogP contribution < -0.4 is 5.73 Å². The summed E-state index contributed by atoms with van der Waals surface area (Å²) >= 11 is 0. The molecular weight excluding hydrogens is 206 g/mol. The van der Waals surface area contributed by atoms with Crippen molar-refractivity contribution in [2.24, 2.45) is 7.05 Å². The zero-order valence-corrected chi connectivity index (χ0v) is 9.90. The van der Waals surface area contributed by atoms with Gasteiger partial charge in [-0.15, -0.1) is 0 Å². The highest BCUT2D eigenvalue weighted by molar-refractivity contribution is 5.44. The van der Waals surface area contributed by atoms with E-state index in [-0.39, 0.29) is 0 Å². The number of rotatable bonds is 3. The minimum Gasteiger partial charge on any atom is -0.396 e. The van der Waals surface area contributed by atoms with Crippen molar-refractivity contribution in [3.05, 3.63) is 11.9 Å². The molecule has 0 saturated carbocycles. The Morgan fingerprint density at radius 2 is 2.44 bits per heavy atom. The number of methoxy groups -OCH3 is 1. The molecule has 1 aromatic heterocycles. The largest absolute Gasteiger partial charge is 0.396 e. The molecule has 2 N–H and O–H groups in total. The van der Waals surface area contributed by atoms with Gasteiger partial charge in [-0.05, 0) is 19.3 Å². The lowest BCUT2D eigenvalue weighted by atomic mass is 9.90. The van der Waals surface area contributed by atoms with E-state index in [0.29, 0.717) is 12.3 Å². The fraction of sp³-hybridized carbons (Fsp3) is 0.727. The third kappa shape index (κ3) is 1.81. The van der Waals surface area contributed by atoms with Crippen molar-refractivity contribution >= 4 is 5.69 Å². The summed E-state index contributed by atoms with van der Waals surface area (Å²) in [6, 6.07) is 0. The topological polar surface area (TPSA) is 62.3 Å². The van der Waals surface area contributed by atoms with Gasteiger partial charge in [0.2, 0.25) is 0 Å². The molecule has 1 saturated heterocycles. The van der Waals surface area contributed by atoms with E-state index in [1.165, 1.54) is 0 Å². The second-order valence-electron chi connectivity index (χ2n) is 4.30. The number of nitrogens with two attached hydrogens (primary N) is 1. The van der Waals surface area contributed by atoms with Crippen LogP contribution in [0.15, 0.2) is 6.20 Å².